The van der Waals surface area contributed by atoms with Crippen molar-refractivity contribution in [2.24, 2.45) is 0 Å². The molecule has 0 radical (unpaired) electrons. The highest BCUT2D eigenvalue weighted by Crippen LogP contribution is 2.38. The Bertz CT molecular complexity index is 1700. The monoisotopic (exact) mass is 652 g/mol. The number of benzene rings is 2. The highest BCUT2D eigenvalue weighted by molar-refractivity contribution is 6.32. The van der Waals surface area contributed by atoms with Gasteiger partial charge in [-0.15, -0.1) is 0 Å². The van der Waals surface area contributed by atoms with E-state index in [-0.39, 0.29) is 34.8 Å². The summed E-state index contributed by atoms with van der Waals surface area (Å²) in [5, 5.41) is 13.1. The molecule has 0 aliphatic carbocycles. The molecule has 1 saturated heterocycles. The average molecular weight is 653 g/mol. The second-order valence-electron chi connectivity index (χ2n) is 10.8. The molecule has 2 aromatic heterocycles. The van der Waals surface area contributed by atoms with Crippen LogP contribution >= 0.6 is 11.6 Å². The minimum absolute atomic E-state index is 0.0981. The van der Waals surface area contributed by atoms with Crippen molar-refractivity contribution in [2.75, 3.05) is 19.6 Å². The van der Waals surface area contributed by atoms with Crippen LogP contribution in [0.15, 0.2) is 60.8 Å². The van der Waals surface area contributed by atoms with Crippen molar-refractivity contribution in [1.29, 1.82) is 0 Å². The van der Waals surface area contributed by atoms with Gasteiger partial charge in [0.1, 0.15) is 17.9 Å². The fourth-order valence-electron chi connectivity index (χ4n) is 5.60. The number of carboxylic acid groups (broad SMARTS) is 1. The normalized spacial score (nSPS) is 14.9. The quantitative estimate of drug-likeness (QED) is 0.195. The molecule has 0 amide bonds. The standard InChI is InChI=1S/C31H27ClF6N4O3/c1-18-14-19(8-9-21(18)20-10-12-41(13-11-20)17-30(33,34)35)16-45-27-22(4-2-5-24(27)32)25-6-3-7-26(40-25)42-28(31(36,37)38)23(15-39-42)29(43)44/h2-9,14-15,20H,10-13,16-17H2,1H3,(H,43,44). The number of hydrogen-bond donors (Lipinski definition) is 1. The van der Waals surface area contributed by atoms with Gasteiger partial charge < -0.3 is 9.84 Å². The van der Waals surface area contributed by atoms with Crippen molar-refractivity contribution in [3.63, 3.8) is 0 Å². The van der Waals surface area contributed by atoms with Gasteiger partial charge in [0.15, 0.2) is 11.5 Å². The number of aryl methyl sites for hydroxylation is 1. The van der Waals surface area contributed by atoms with E-state index >= 15 is 0 Å². The van der Waals surface area contributed by atoms with Gasteiger partial charge in [-0.1, -0.05) is 41.9 Å². The molecule has 0 bridgehead atoms. The van der Waals surface area contributed by atoms with E-state index in [1.807, 2.05) is 25.1 Å². The Morgan fingerprint density at radius 3 is 2.40 bits per heavy atom. The lowest BCUT2D eigenvalue weighted by molar-refractivity contribution is -0.148. The van der Waals surface area contributed by atoms with Gasteiger partial charge in [-0.2, -0.15) is 31.4 Å². The number of carbonyl (C=O) groups is 1. The number of rotatable bonds is 8. The minimum atomic E-state index is -5.01. The van der Waals surface area contributed by atoms with Gasteiger partial charge in [-0.05, 0) is 79.7 Å². The van der Waals surface area contributed by atoms with Crippen LogP contribution in [0.1, 0.15) is 51.5 Å². The molecule has 0 atom stereocenters. The Kier molecular flexibility index (Phi) is 9.13. The number of aromatic carboxylic acids is 1. The fraction of sp³-hybridized carbons (Fsp3) is 0.323. The summed E-state index contributed by atoms with van der Waals surface area (Å²) in [6.45, 7) is 1.88. The van der Waals surface area contributed by atoms with Crippen molar-refractivity contribution in [3.8, 4) is 22.8 Å². The van der Waals surface area contributed by atoms with Gasteiger partial charge in [0.05, 0.1) is 23.5 Å². The summed E-state index contributed by atoms with van der Waals surface area (Å²) >= 11 is 6.48. The van der Waals surface area contributed by atoms with Crippen LogP contribution in [0, 0.1) is 6.92 Å². The number of piperidine rings is 1. The summed E-state index contributed by atoms with van der Waals surface area (Å²) in [4.78, 5) is 17.2. The molecule has 1 aliphatic heterocycles. The Hall–Kier alpha value is -4.10. The molecule has 4 aromatic rings. The van der Waals surface area contributed by atoms with Gasteiger partial charge in [-0.25, -0.2) is 14.5 Å². The third-order valence-corrected chi connectivity index (χ3v) is 7.91. The predicted octanol–water partition coefficient (Wildman–Crippen LogP) is 7.93. The van der Waals surface area contributed by atoms with E-state index in [0.29, 0.717) is 42.4 Å². The molecule has 1 fully saturated rings. The van der Waals surface area contributed by atoms with Gasteiger partial charge in [-0.3, -0.25) is 4.90 Å². The maximum absolute atomic E-state index is 13.8. The lowest BCUT2D eigenvalue weighted by atomic mass is 9.86. The van der Waals surface area contributed by atoms with Crippen LogP contribution in [-0.4, -0.2) is 56.6 Å². The zero-order valence-corrected chi connectivity index (χ0v) is 24.5. The molecule has 238 valence electrons. The Morgan fingerprint density at radius 1 is 1.04 bits per heavy atom. The molecule has 1 N–H and O–H groups in total. The SMILES string of the molecule is Cc1cc(COc2c(Cl)cccc2-c2cccc(-n3ncc(C(=O)O)c3C(F)(F)F)n2)ccc1C1CCN(CC(F)(F)F)CC1. The number of alkyl halides is 6. The van der Waals surface area contributed by atoms with Crippen LogP contribution in [0.2, 0.25) is 5.02 Å². The summed E-state index contributed by atoms with van der Waals surface area (Å²) in [6.07, 6.45) is -7.35. The summed E-state index contributed by atoms with van der Waals surface area (Å²) in [6, 6.07) is 14.9. The molecule has 5 rings (SSSR count). The minimum Gasteiger partial charge on any atom is -0.487 e. The summed E-state index contributed by atoms with van der Waals surface area (Å²) in [5.41, 5.74) is 1.01. The summed E-state index contributed by atoms with van der Waals surface area (Å²) < 4.78 is 86.2. The number of likely N-dealkylation sites (tertiary alicyclic amines) is 1. The first-order valence-corrected chi connectivity index (χ1v) is 14.2. The van der Waals surface area contributed by atoms with Crippen molar-refractivity contribution < 1.29 is 41.0 Å². The largest absolute Gasteiger partial charge is 0.487 e. The summed E-state index contributed by atoms with van der Waals surface area (Å²) in [7, 11) is 0. The second kappa shape index (κ2) is 12.7. The van der Waals surface area contributed by atoms with E-state index in [2.05, 4.69) is 10.1 Å². The molecule has 0 unspecified atom stereocenters. The number of carboxylic acids is 1. The highest BCUT2D eigenvalue weighted by atomic mass is 35.5. The summed E-state index contributed by atoms with van der Waals surface area (Å²) in [5.74, 6) is -1.64. The van der Waals surface area contributed by atoms with E-state index < -0.39 is 36.1 Å². The van der Waals surface area contributed by atoms with E-state index in [1.165, 1.54) is 17.0 Å². The first-order valence-electron chi connectivity index (χ1n) is 13.9. The maximum Gasteiger partial charge on any atom is 0.434 e. The van der Waals surface area contributed by atoms with Crippen molar-refractivity contribution >= 4 is 17.6 Å². The first kappa shape index (κ1) is 32.3. The van der Waals surface area contributed by atoms with Gasteiger partial charge in [0.25, 0.3) is 0 Å². The van der Waals surface area contributed by atoms with Crippen molar-refractivity contribution in [2.45, 2.75) is 44.6 Å². The van der Waals surface area contributed by atoms with E-state index in [1.54, 1.807) is 24.3 Å². The molecule has 45 heavy (non-hydrogen) atoms. The zero-order valence-electron chi connectivity index (χ0n) is 23.8. The number of halogens is 7. The zero-order chi connectivity index (χ0) is 32.5. The van der Waals surface area contributed by atoms with Crippen LogP contribution in [0.5, 0.6) is 5.75 Å². The van der Waals surface area contributed by atoms with Crippen molar-refractivity contribution in [1.82, 2.24) is 19.7 Å². The lowest BCUT2D eigenvalue weighted by Crippen LogP contribution is -2.39. The van der Waals surface area contributed by atoms with Gasteiger partial charge in [0.2, 0.25) is 0 Å². The number of hydrogen-bond acceptors (Lipinski definition) is 5. The smallest absolute Gasteiger partial charge is 0.434 e. The number of pyridine rings is 1. The third-order valence-electron chi connectivity index (χ3n) is 7.61. The Labute approximate surface area is 259 Å². The van der Waals surface area contributed by atoms with Crippen LogP contribution in [0.25, 0.3) is 17.1 Å². The van der Waals surface area contributed by atoms with Crippen LogP contribution in [0.3, 0.4) is 0 Å². The molecule has 2 aromatic carbocycles. The fourth-order valence-corrected chi connectivity index (χ4v) is 5.83. The molecule has 0 saturated carbocycles. The molecule has 3 heterocycles. The predicted molar refractivity (Wildman–Crippen MR) is 154 cm³/mol. The van der Waals surface area contributed by atoms with Gasteiger partial charge in [0, 0.05) is 5.56 Å². The first-order chi connectivity index (χ1) is 21.2. The Morgan fingerprint density at radius 2 is 1.76 bits per heavy atom. The number of ether oxygens (including phenoxy) is 1. The molecular formula is C31H27ClF6N4O3. The Balaban J connectivity index is 1.35. The number of para-hydroxylation sites is 1. The van der Waals surface area contributed by atoms with E-state index in [0.717, 1.165) is 16.7 Å². The molecule has 1 aliphatic rings. The van der Waals surface area contributed by atoms with Crippen LogP contribution in [-0.2, 0) is 12.8 Å². The second-order valence-corrected chi connectivity index (χ2v) is 11.2. The molecule has 7 nitrogen and oxygen atoms in total. The maximum atomic E-state index is 13.8. The number of nitrogens with zero attached hydrogens (tertiary/aromatic N) is 4. The molecular weight excluding hydrogens is 626 g/mol. The van der Waals surface area contributed by atoms with Crippen molar-refractivity contribution in [3.05, 3.63) is 93.8 Å². The molecule has 0 spiro atoms. The lowest BCUT2D eigenvalue weighted by Gasteiger charge is -2.33. The van der Waals surface area contributed by atoms with Crippen LogP contribution in [0.4, 0.5) is 26.3 Å². The van der Waals surface area contributed by atoms with E-state index in [9.17, 15) is 36.2 Å². The highest BCUT2D eigenvalue weighted by Gasteiger charge is 2.41. The van der Waals surface area contributed by atoms with Crippen LogP contribution < -0.4 is 4.74 Å². The average Bonchev–Trinajstić information content (AvgIpc) is 3.43. The third kappa shape index (κ3) is 7.42. The topological polar surface area (TPSA) is 80.5 Å². The van der Waals surface area contributed by atoms with Gasteiger partial charge >= 0.3 is 18.3 Å². The molecule has 14 heteroatoms. The van der Waals surface area contributed by atoms with E-state index in [4.69, 9.17) is 16.3 Å². The number of aromatic nitrogens is 3.